The molecule has 0 saturated carbocycles. The highest BCUT2D eigenvalue weighted by Gasteiger charge is 2.25. The maximum atomic E-state index is 6.29. The minimum atomic E-state index is 0.489. The molecule has 3 nitrogen and oxygen atoms in total. The Kier molecular flexibility index (Phi) is 5.30. The second-order valence-electron chi connectivity index (χ2n) is 5.87. The van der Waals surface area contributed by atoms with Crippen molar-refractivity contribution < 1.29 is 0 Å². The normalized spacial score (nSPS) is 18.9. The van der Waals surface area contributed by atoms with E-state index in [1.54, 1.807) is 0 Å². The monoisotopic (exact) mass is 295 g/mol. The van der Waals surface area contributed by atoms with Crippen molar-refractivity contribution in [3.63, 3.8) is 0 Å². The van der Waals surface area contributed by atoms with Crippen LogP contribution in [0.15, 0.2) is 24.3 Å². The standard InChI is InChI=1S/C16H26ClN3/c1-13(2)18(4)14(3)19-9-11-20(12-10-19)16-8-6-5-7-15(16)17/h5-8,13-14H,9-12H2,1-4H3. The summed E-state index contributed by atoms with van der Waals surface area (Å²) in [6.45, 7) is 11.0. The van der Waals surface area contributed by atoms with Crippen molar-refractivity contribution in [2.24, 2.45) is 0 Å². The Balaban J connectivity index is 1.94. The number of piperazine rings is 1. The van der Waals surface area contributed by atoms with Gasteiger partial charge in [-0.3, -0.25) is 9.80 Å². The van der Waals surface area contributed by atoms with Gasteiger partial charge in [0.05, 0.1) is 16.9 Å². The highest BCUT2D eigenvalue weighted by atomic mass is 35.5. The zero-order valence-electron chi connectivity index (χ0n) is 13.0. The quantitative estimate of drug-likeness (QED) is 0.845. The van der Waals surface area contributed by atoms with Crippen molar-refractivity contribution in [1.29, 1.82) is 0 Å². The van der Waals surface area contributed by atoms with E-state index in [0.717, 1.165) is 31.2 Å². The molecule has 20 heavy (non-hydrogen) atoms. The van der Waals surface area contributed by atoms with Gasteiger partial charge >= 0.3 is 0 Å². The molecule has 1 fully saturated rings. The molecule has 1 aliphatic rings. The SMILES string of the molecule is CC(C)N(C)C(C)N1CCN(c2ccccc2Cl)CC1. The van der Waals surface area contributed by atoms with Crippen LogP contribution in [0.25, 0.3) is 0 Å². The molecule has 0 amide bonds. The molecule has 0 spiro atoms. The van der Waals surface area contributed by atoms with Crippen molar-refractivity contribution >= 4 is 17.3 Å². The first-order valence-electron chi connectivity index (χ1n) is 7.46. The molecule has 0 N–H and O–H groups in total. The summed E-state index contributed by atoms with van der Waals surface area (Å²) in [5, 5.41) is 0.855. The fraction of sp³-hybridized carbons (Fsp3) is 0.625. The van der Waals surface area contributed by atoms with Gasteiger partial charge in [-0.2, -0.15) is 0 Å². The van der Waals surface area contributed by atoms with E-state index in [1.165, 1.54) is 5.69 Å². The van der Waals surface area contributed by atoms with Gasteiger partial charge < -0.3 is 4.90 Å². The van der Waals surface area contributed by atoms with E-state index in [2.05, 4.69) is 54.7 Å². The van der Waals surface area contributed by atoms with Gasteiger partial charge in [0.15, 0.2) is 0 Å². The molecule has 1 heterocycles. The average molecular weight is 296 g/mol. The molecule has 0 aromatic heterocycles. The molecule has 0 aliphatic carbocycles. The first-order chi connectivity index (χ1) is 9.50. The van der Waals surface area contributed by atoms with Crippen LogP contribution in [-0.2, 0) is 0 Å². The largest absolute Gasteiger partial charge is 0.368 e. The lowest BCUT2D eigenvalue weighted by Gasteiger charge is -2.43. The van der Waals surface area contributed by atoms with Gasteiger partial charge in [0.2, 0.25) is 0 Å². The molecule has 1 saturated heterocycles. The van der Waals surface area contributed by atoms with E-state index in [9.17, 15) is 0 Å². The number of halogens is 1. The lowest BCUT2D eigenvalue weighted by molar-refractivity contribution is 0.0497. The molecule has 1 aromatic rings. The summed E-state index contributed by atoms with van der Waals surface area (Å²) in [6, 6.07) is 8.71. The van der Waals surface area contributed by atoms with Crippen LogP contribution in [0.4, 0.5) is 5.69 Å². The number of anilines is 1. The van der Waals surface area contributed by atoms with Gasteiger partial charge in [0.1, 0.15) is 0 Å². The van der Waals surface area contributed by atoms with E-state index >= 15 is 0 Å². The van der Waals surface area contributed by atoms with Gasteiger partial charge in [0.25, 0.3) is 0 Å². The third-order valence-corrected chi connectivity index (χ3v) is 4.76. The first kappa shape index (κ1) is 15.6. The molecule has 112 valence electrons. The Morgan fingerprint density at radius 3 is 2.20 bits per heavy atom. The summed E-state index contributed by atoms with van der Waals surface area (Å²) in [4.78, 5) is 7.36. The lowest BCUT2D eigenvalue weighted by Crippen LogP contribution is -2.55. The van der Waals surface area contributed by atoms with Crippen molar-refractivity contribution in [2.45, 2.75) is 33.0 Å². The highest BCUT2D eigenvalue weighted by molar-refractivity contribution is 6.33. The number of hydrogen-bond acceptors (Lipinski definition) is 3. The summed E-state index contributed by atoms with van der Waals surface area (Å²) in [6.07, 6.45) is 0.489. The van der Waals surface area contributed by atoms with Crippen LogP contribution in [0.2, 0.25) is 5.02 Å². The third-order valence-electron chi connectivity index (χ3n) is 4.44. The van der Waals surface area contributed by atoms with Crippen LogP contribution < -0.4 is 4.90 Å². The molecule has 2 rings (SSSR count). The van der Waals surface area contributed by atoms with E-state index in [4.69, 9.17) is 11.6 Å². The topological polar surface area (TPSA) is 9.72 Å². The second-order valence-corrected chi connectivity index (χ2v) is 6.27. The number of nitrogens with zero attached hydrogens (tertiary/aromatic N) is 3. The van der Waals surface area contributed by atoms with Gasteiger partial charge in [-0.05, 0) is 40.0 Å². The van der Waals surface area contributed by atoms with E-state index in [-0.39, 0.29) is 0 Å². The minimum Gasteiger partial charge on any atom is -0.368 e. The van der Waals surface area contributed by atoms with Crippen molar-refractivity contribution in [3.05, 3.63) is 29.3 Å². The molecule has 1 aromatic carbocycles. The van der Waals surface area contributed by atoms with Crippen LogP contribution in [0.5, 0.6) is 0 Å². The second kappa shape index (κ2) is 6.79. The van der Waals surface area contributed by atoms with Crippen molar-refractivity contribution in [3.8, 4) is 0 Å². The molecular weight excluding hydrogens is 270 g/mol. The summed E-state index contributed by atoms with van der Waals surface area (Å²) in [5.41, 5.74) is 1.17. The third kappa shape index (κ3) is 3.46. The van der Waals surface area contributed by atoms with E-state index < -0.39 is 0 Å². The fourth-order valence-corrected chi connectivity index (χ4v) is 2.99. The maximum Gasteiger partial charge on any atom is 0.0639 e. The summed E-state index contributed by atoms with van der Waals surface area (Å²) >= 11 is 6.29. The first-order valence-corrected chi connectivity index (χ1v) is 7.84. The predicted molar refractivity (Wildman–Crippen MR) is 87.6 cm³/mol. The molecule has 1 unspecified atom stereocenters. The number of para-hydroxylation sites is 1. The Labute approximate surface area is 128 Å². The Hall–Kier alpha value is -0.770. The Morgan fingerprint density at radius 2 is 1.65 bits per heavy atom. The minimum absolute atomic E-state index is 0.489. The van der Waals surface area contributed by atoms with Gasteiger partial charge in [-0.25, -0.2) is 0 Å². The van der Waals surface area contributed by atoms with Crippen molar-refractivity contribution in [2.75, 3.05) is 38.1 Å². The highest BCUT2D eigenvalue weighted by Crippen LogP contribution is 2.26. The Bertz CT molecular complexity index is 427. The molecular formula is C16H26ClN3. The van der Waals surface area contributed by atoms with Crippen LogP contribution >= 0.6 is 11.6 Å². The predicted octanol–water partition coefficient (Wildman–Crippen LogP) is 3.15. The summed E-state index contributed by atoms with van der Waals surface area (Å²) in [5.74, 6) is 0. The van der Waals surface area contributed by atoms with E-state index in [1.807, 2.05) is 12.1 Å². The number of hydrogen-bond donors (Lipinski definition) is 0. The van der Waals surface area contributed by atoms with Crippen LogP contribution in [0.3, 0.4) is 0 Å². The molecule has 1 aliphatic heterocycles. The average Bonchev–Trinajstić information content (AvgIpc) is 2.46. The lowest BCUT2D eigenvalue weighted by atomic mass is 10.2. The Morgan fingerprint density at radius 1 is 1.05 bits per heavy atom. The number of benzene rings is 1. The number of rotatable bonds is 4. The maximum absolute atomic E-state index is 6.29. The van der Waals surface area contributed by atoms with Crippen LogP contribution in [-0.4, -0.2) is 55.2 Å². The molecule has 0 bridgehead atoms. The van der Waals surface area contributed by atoms with Gasteiger partial charge in [-0.15, -0.1) is 0 Å². The van der Waals surface area contributed by atoms with Crippen molar-refractivity contribution in [1.82, 2.24) is 9.80 Å². The smallest absolute Gasteiger partial charge is 0.0639 e. The van der Waals surface area contributed by atoms with E-state index in [0.29, 0.717) is 12.2 Å². The van der Waals surface area contributed by atoms with Gasteiger partial charge in [-0.1, -0.05) is 23.7 Å². The molecule has 1 atom stereocenters. The van der Waals surface area contributed by atoms with Crippen LogP contribution in [0.1, 0.15) is 20.8 Å². The molecule has 0 radical (unpaired) electrons. The van der Waals surface area contributed by atoms with Gasteiger partial charge in [0, 0.05) is 32.2 Å². The zero-order chi connectivity index (χ0) is 14.7. The summed E-state index contributed by atoms with van der Waals surface area (Å²) in [7, 11) is 2.20. The fourth-order valence-electron chi connectivity index (χ4n) is 2.73. The van der Waals surface area contributed by atoms with Crippen LogP contribution in [0, 0.1) is 0 Å². The molecule has 4 heteroatoms. The zero-order valence-corrected chi connectivity index (χ0v) is 13.8. The summed E-state index contributed by atoms with van der Waals surface area (Å²) < 4.78 is 0.